The van der Waals surface area contributed by atoms with Crippen molar-refractivity contribution in [3.8, 4) is 0 Å². The summed E-state index contributed by atoms with van der Waals surface area (Å²) in [6.07, 6.45) is 2.10. The average molecular weight is 308 g/mol. The summed E-state index contributed by atoms with van der Waals surface area (Å²) in [7, 11) is 0. The molecule has 0 saturated heterocycles. The predicted molar refractivity (Wildman–Crippen MR) is 90.1 cm³/mol. The van der Waals surface area contributed by atoms with E-state index < -0.39 is 0 Å². The largest absolute Gasteiger partial charge is 0.314 e. The number of thiophene rings is 1. The van der Waals surface area contributed by atoms with Crippen molar-refractivity contribution in [3.05, 3.63) is 56.2 Å². The van der Waals surface area contributed by atoms with Crippen molar-refractivity contribution in [2.45, 2.75) is 39.7 Å². The average Bonchev–Trinajstić information content (AvgIpc) is 2.73. The first-order valence-corrected chi connectivity index (χ1v) is 8.31. The Morgan fingerprint density at radius 2 is 1.80 bits per heavy atom. The van der Waals surface area contributed by atoms with E-state index in [2.05, 4.69) is 50.4 Å². The lowest BCUT2D eigenvalue weighted by molar-refractivity contribution is 0.524. The smallest absolute Gasteiger partial charge is 0.0931 e. The van der Waals surface area contributed by atoms with E-state index in [-0.39, 0.29) is 0 Å². The van der Waals surface area contributed by atoms with Crippen LogP contribution in [0.2, 0.25) is 4.34 Å². The molecule has 1 nitrogen and oxygen atoms in total. The fourth-order valence-electron chi connectivity index (χ4n) is 2.68. The summed E-state index contributed by atoms with van der Waals surface area (Å²) in [5.41, 5.74) is 4.10. The van der Waals surface area contributed by atoms with Crippen LogP contribution in [0.3, 0.4) is 0 Å². The molecule has 0 radical (unpaired) electrons. The molecule has 0 fully saturated rings. The maximum atomic E-state index is 6.02. The second-order valence-electron chi connectivity index (χ2n) is 5.36. The van der Waals surface area contributed by atoms with Crippen molar-refractivity contribution in [1.82, 2.24) is 5.32 Å². The number of hydrogen-bond donors (Lipinski definition) is 1. The Kier molecular flexibility index (Phi) is 5.64. The molecule has 0 amide bonds. The molecule has 1 atom stereocenters. The first-order valence-electron chi connectivity index (χ1n) is 7.11. The van der Waals surface area contributed by atoms with Crippen molar-refractivity contribution in [3.63, 3.8) is 0 Å². The Balaban J connectivity index is 2.08. The van der Waals surface area contributed by atoms with Gasteiger partial charge >= 0.3 is 0 Å². The van der Waals surface area contributed by atoms with Crippen molar-refractivity contribution in [2.24, 2.45) is 0 Å². The molecular weight excluding hydrogens is 286 g/mol. The number of halogens is 1. The van der Waals surface area contributed by atoms with Gasteiger partial charge in [0.15, 0.2) is 0 Å². The quantitative estimate of drug-likeness (QED) is 0.809. The van der Waals surface area contributed by atoms with Gasteiger partial charge in [0.25, 0.3) is 0 Å². The van der Waals surface area contributed by atoms with E-state index in [0.717, 1.165) is 23.7 Å². The van der Waals surface area contributed by atoms with Crippen LogP contribution in [0.4, 0.5) is 0 Å². The lowest BCUT2D eigenvalue weighted by Gasteiger charge is -2.18. The lowest BCUT2D eigenvalue weighted by atomic mass is 9.99. The standard InChI is InChI=1S/C17H22ClNS/c1-4-19-15(11-16-5-6-17(18)20-16)10-14-8-12(2)7-13(3)9-14/h5-9,15,19H,4,10-11H2,1-3H3. The molecule has 1 heterocycles. The molecule has 3 heteroatoms. The summed E-state index contributed by atoms with van der Waals surface area (Å²) in [5, 5.41) is 3.59. The SMILES string of the molecule is CCNC(Cc1cc(C)cc(C)c1)Cc1ccc(Cl)s1. The molecule has 2 rings (SSSR count). The lowest BCUT2D eigenvalue weighted by Crippen LogP contribution is -2.32. The summed E-state index contributed by atoms with van der Waals surface area (Å²) in [6.45, 7) is 7.49. The fourth-order valence-corrected chi connectivity index (χ4v) is 3.85. The van der Waals surface area contributed by atoms with Crippen LogP contribution in [0.5, 0.6) is 0 Å². The van der Waals surface area contributed by atoms with Gasteiger partial charge in [-0.15, -0.1) is 11.3 Å². The number of likely N-dealkylation sites (N-methyl/N-ethyl adjacent to an activating group) is 1. The van der Waals surface area contributed by atoms with Gasteiger partial charge in [-0.25, -0.2) is 0 Å². The van der Waals surface area contributed by atoms with Gasteiger partial charge < -0.3 is 5.32 Å². The molecule has 1 aromatic carbocycles. The van der Waals surface area contributed by atoms with Crippen molar-refractivity contribution in [2.75, 3.05) is 6.54 Å². The summed E-state index contributed by atoms with van der Waals surface area (Å²) in [6, 6.07) is 11.4. The van der Waals surface area contributed by atoms with Crippen molar-refractivity contribution >= 4 is 22.9 Å². The molecule has 20 heavy (non-hydrogen) atoms. The molecule has 0 spiro atoms. The topological polar surface area (TPSA) is 12.0 Å². The van der Waals surface area contributed by atoms with Crippen molar-refractivity contribution in [1.29, 1.82) is 0 Å². The first-order chi connectivity index (χ1) is 9.56. The van der Waals surface area contributed by atoms with Crippen LogP contribution in [-0.4, -0.2) is 12.6 Å². The van der Waals surface area contributed by atoms with E-state index in [1.807, 2.05) is 6.07 Å². The van der Waals surface area contributed by atoms with Crippen LogP contribution < -0.4 is 5.32 Å². The molecule has 1 aromatic heterocycles. The van der Waals surface area contributed by atoms with E-state index in [9.17, 15) is 0 Å². The first kappa shape index (κ1) is 15.6. The Morgan fingerprint density at radius 3 is 2.35 bits per heavy atom. The number of nitrogens with one attached hydrogen (secondary N) is 1. The van der Waals surface area contributed by atoms with E-state index in [4.69, 9.17) is 11.6 Å². The highest BCUT2D eigenvalue weighted by Gasteiger charge is 2.11. The molecule has 108 valence electrons. The van der Waals surface area contributed by atoms with Gasteiger partial charge in [-0.2, -0.15) is 0 Å². The minimum Gasteiger partial charge on any atom is -0.314 e. The molecule has 1 unspecified atom stereocenters. The monoisotopic (exact) mass is 307 g/mol. The number of rotatable bonds is 6. The second-order valence-corrected chi connectivity index (χ2v) is 7.16. The molecular formula is C17H22ClNS. The van der Waals surface area contributed by atoms with Crippen LogP contribution in [0, 0.1) is 13.8 Å². The maximum absolute atomic E-state index is 6.02. The van der Waals surface area contributed by atoms with Gasteiger partial charge in [-0.1, -0.05) is 47.9 Å². The molecule has 1 N–H and O–H groups in total. The summed E-state index contributed by atoms with van der Waals surface area (Å²) < 4.78 is 0.877. The third-order valence-corrected chi connectivity index (χ3v) is 4.59. The summed E-state index contributed by atoms with van der Waals surface area (Å²) in [4.78, 5) is 1.35. The third-order valence-electron chi connectivity index (χ3n) is 3.33. The maximum Gasteiger partial charge on any atom is 0.0931 e. The summed E-state index contributed by atoms with van der Waals surface area (Å²) in [5.74, 6) is 0. The van der Waals surface area contributed by atoms with Gasteiger partial charge in [0, 0.05) is 10.9 Å². The molecule has 0 aliphatic heterocycles. The van der Waals surface area contributed by atoms with E-state index >= 15 is 0 Å². The highest BCUT2D eigenvalue weighted by atomic mass is 35.5. The van der Waals surface area contributed by atoms with Crippen LogP contribution in [-0.2, 0) is 12.8 Å². The van der Waals surface area contributed by atoms with Gasteiger partial charge in [-0.05, 0) is 50.9 Å². The van der Waals surface area contributed by atoms with Crippen LogP contribution >= 0.6 is 22.9 Å². The van der Waals surface area contributed by atoms with Crippen LogP contribution in [0.25, 0.3) is 0 Å². The number of aryl methyl sites for hydroxylation is 2. The second kappa shape index (κ2) is 7.26. The fraction of sp³-hybridized carbons (Fsp3) is 0.412. The minimum absolute atomic E-state index is 0.468. The Bertz CT molecular complexity index is 542. The predicted octanol–water partition coefficient (Wildman–Crippen LogP) is 4.78. The minimum atomic E-state index is 0.468. The molecule has 0 aliphatic rings. The zero-order valence-electron chi connectivity index (χ0n) is 12.4. The number of hydrogen-bond acceptors (Lipinski definition) is 2. The van der Waals surface area contributed by atoms with Crippen LogP contribution in [0.15, 0.2) is 30.3 Å². The Labute approximate surface area is 131 Å². The highest BCUT2D eigenvalue weighted by Crippen LogP contribution is 2.23. The van der Waals surface area contributed by atoms with E-state index in [1.54, 1.807) is 11.3 Å². The van der Waals surface area contributed by atoms with Gasteiger partial charge in [0.05, 0.1) is 4.34 Å². The third kappa shape index (κ3) is 4.62. The molecule has 0 aliphatic carbocycles. The highest BCUT2D eigenvalue weighted by molar-refractivity contribution is 7.16. The van der Waals surface area contributed by atoms with Gasteiger partial charge in [-0.3, -0.25) is 0 Å². The van der Waals surface area contributed by atoms with Gasteiger partial charge in [0.1, 0.15) is 0 Å². The molecule has 0 bridgehead atoms. The van der Waals surface area contributed by atoms with E-state index in [1.165, 1.54) is 21.6 Å². The Morgan fingerprint density at radius 1 is 1.10 bits per heavy atom. The zero-order valence-corrected chi connectivity index (χ0v) is 13.9. The van der Waals surface area contributed by atoms with E-state index in [0.29, 0.717) is 6.04 Å². The zero-order chi connectivity index (χ0) is 14.5. The van der Waals surface area contributed by atoms with Crippen molar-refractivity contribution < 1.29 is 0 Å². The summed E-state index contributed by atoms with van der Waals surface area (Å²) >= 11 is 7.71. The molecule has 0 saturated carbocycles. The molecule has 2 aromatic rings. The van der Waals surface area contributed by atoms with Crippen LogP contribution in [0.1, 0.15) is 28.5 Å². The Hall–Kier alpha value is -0.830. The number of benzene rings is 1. The van der Waals surface area contributed by atoms with Gasteiger partial charge in [0.2, 0.25) is 0 Å². The normalized spacial score (nSPS) is 12.6.